The van der Waals surface area contributed by atoms with Gasteiger partial charge in [-0.3, -0.25) is 4.79 Å². The number of carbonyl (C=O) groups excluding carboxylic acids is 1. The topological polar surface area (TPSA) is 35.5 Å². The highest BCUT2D eigenvalue weighted by atomic mass is 16.6. The third kappa shape index (κ3) is 1.89. The maximum absolute atomic E-state index is 12.5. The molecule has 0 aromatic heterocycles. The molecule has 1 fully saturated rings. The summed E-state index contributed by atoms with van der Waals surface area (Å²) in [5.41, 5.74) is 3.37. The molecule has 4 rings (SSSR count). The second-order valence-corrected chi connectivity index (χ2v) is 5.82. The van der Waals surface area contributed by atoms with E-state index in [0.29, 0.717) is 6.61 Å². The summed E-state index contributed by atoms with van der Waals surface area (Å²) in [5.74, 6) is -0.333. The molecule has 0 bridgehead atoms. The van der Waals surface area contributed by atoms with Crippen LogP contribution in [0.5, 0.6) is 0 Å². The highest BCUT2D eigenvalue weighted by molar-refractivity contribution is 5.83. The molecule has 2 aromatic carbocycles. The van der Waals surface area contributed by atoms with Crippen LogP contribution in [0.25, 0.3) is 0 Å². The van der Waals surface area contributed by atoms with Crippen molar-refractivity contribution < 1.29 is 14.3 Å². The molecule has 4 atom stereocenters. The van der Waals surface area contributed by atoms with Gasteiger partial charge in [0.05, 0.1) is 5.92 Å². The maximum atomic E-state index is 12.5. The molecule has 3 heteroatoms. The molecule has 3 nitrogen and oxygen atoms in total. The molecule has 0 saturated carbocycles. The van der Waals surface area contributed by atoms with Gasteiger partial charge in [-0.15, -0.1) is 0 Å². The molecule has 2 aromatic rings. The van der Waals surface area contributed by atoms with Gasteiger partial charge in [-0.1, -0.05) is 54.6 Å². The molecule has 0 unspecified atom stereocenters. The number of ether oxygens (including phenoxy) is 2. The van der Waals surface area contributed by atoms with E-state index in [4.69, 9.17) is 9.47 Å². The zero-order valence-corrected chi connectivity index (χ0v) is 12.4. The predicted octanol–water partition coefficient (Wildman–Crippen LogP) is 3.57. The minimum absolute atomic E-state index is 0.0441. The van der Waals surface area contributed by atoms with E-state index in [1.807, 2.05) is 49.4 Å². The first-order valence-corrected chi connectivity index (χ1v) is 7.77. The first-order chi connectivity index (χ1) is 10.8. The lowest BCUT2D eigenvalue weighted by Crippen LogP contribution is -2.19. The molecule has 0 radical (unpaired) electrons. The van der Waals surface area contributed by atoms with Crippen LogP contribution in [0.3, 0.4) is 0 Å². The van der Waals surface area contributed by atoms with Crippen LogP contribution in [0.2, 0.25) is 0 Å². The monoisotopic (exact) mass is 294 g/mol. The van der Waals surface area contributed by atoms with Gasteiger partial charge in [0.15, 0.2) is 0 Å². The highest BCUT2D eigenvalue weighted by Gasteiger charge is 2.55. The Bertz CT molecular complexity index is 695. The lowest BCUT2D eigenvalue weighted by atomic mass is 9.83. The van der Waals surface area contributed by atoms with Gasteiger partial charge < -0.3 is 9.47 Å². The quantitative estimate of drug-likeness (QED) is 0.812. The zero-order chi connectivity index (χ0) is 15.1. The van der Waals surface area contributed by atoms with Crippen LogP contribution in [0.4, 0.5) is 0 Å². The summed E-state index contributed by atoms with van der Waals surface area (Å²) in [5, 5.41) is 0. The molecular weight excluding hydrogens is 276 g/mol. The number of hydrogen-bond acceptors (Lipinski definition) is 3. The van der Waals surface area contributed by atoms with E-state index in [1.165, 1.54) is 5.56 Å². The van der Waals surface area contributed by atoms with Crippen molar-refractivity contribution in [3.05, 3.63) is 71.3 Å². The Labute approximate surface area is 129 Å². The number of benzene rings is 2. The minimum Gasteiger partial charge on any atom is -0.458 e. The van der Waals surface area contributed by atoms with Gasteiger partial charge in [0.1, 0.15) is 12.2 Å². The Morgan fingerprint density at radius 3 is 2.41 bits per heavy atom. The zero-order valence-electron chi connectivity index (χ0n) is 12.4. The summed E-state index contributed by atoms with van der Waals surface area (Å²) < 4.78 is 11.6. The number of rotatable bonds is 3. The largest absolute Gasteiger partial charge is 0.458 e. The van der Waals surface area contributed by atoms with Crippen LogP contribution in [0.1, 0.15) is 41.6 Å². The average molecular weight is 294 g/mol. The molecule has 0 spiro atoms. The van der Waals surface area contributed by atoms with Gasteiger partial charge >= 0.3 is 5.97 Å². The van der Waals surface area contributed by atoms with Crippen molar-refractivity contribution in [3.63, 3.8) is 0 Å². The van der Waals surface area contributed by atoms with Crippen LogP contribution >= 0.6 is 0 Å². The van der Waals surface area contributed by atoms with E-state index in [2.05, 4.69) is 12.1 Å². The second-order valence-electron chi connectivity index (χ2n) is 5.82. The van der Waals surface area contributed by atoms with Crippen molar-refractivity contribution in [2.24, 2.45) is 0 Å². The van der Waals surface area contributed by atoms with Crippen LogP contribution in [0, 0.1) is 0 Å². The number of fused-ring (bicyclic) bond motifs is 3. The summed E-state index contributed by atoms with van der Waals surface area (Å²) in [6.45, 7) is 2.58. The van der Waals surface area contributed by atoms with Gasteiger partial charge in [-0.2, -0.15) is 0 Å². The number of carbonyl (C=O) groups is 1. The Morgan fingerprint density at radius 2 is 1.68 bits per heavy atom. The molecule has 1 saturated heterocycles. The van der Waals surface area contributed by atoms with Gasteiger partial charge in [0.25, 0.3) is 0 Å². The minimum atomic E-state index is -0.238. The van der Waals surface area contributed by atoms with E-state index in [0.717, 1.165) is 11.1 Å². The standard InChI is InChI=1S/C19H18O3/c1-2-21-17-14-11-7-6-10-13(14)16-15(19(20)22-18(16)17)12-8-4-3-5-9-12/h3-11,15-18H,2H2,1H3/t15-,16-,17+,18+/m1/s1. The third-order valence-electron chi connectivity index (χ3n) is 4.68. The van der Waals surface area contributed by atoms with Gasteiger partial charge in [0, 0.05) is 12.5 Å². The Balaban J connectivity index is 1.81. The Hall–Kier alpha value is -2.13. The lowest BCUT2D eigenvalue weighted by Gasteiger charge is -2.18. The highest BCUT2D eigenvalue weighted by Crippen LogP contribution is 2.54. The number of hydrogen-bond donors (Lipinski definition) is 0. The SMILES string of the molecule is CCO[C@H]1c2ccccc2[C@H]2[C@@H]1OC(=O)[C@@H]2c1ccccc1. The fourth-order valence-corrected chi connectivity index (χ4v) is 3.84. The van der Waals surface area contributed by atoms with Crippen molar-refractivity contribution in [3.8, 4) is 0 Å². The molecule has 0 amide bonds. The summed E-state index contributed by atoms with van der Waals surface area (Å²) in [7, 11) is 0. The normalized spacial score (nSPS) is 29.0. The first kappa shape index (κ1) is 13.5. The molecular formula is C19H18O3. The first-order valence-electron chi connectivity index (χ1n) is 7.77. The Morgan fingerprint density at radius 1 is 1.00 bits per heavy atom. The molecule has 0 N–H and O–H groups in total. The fraction of sp³-hybridized carbons (Fsp3) is 0.316. The van der Waals surface area contributed by atoms with Crippen LogP contribution in [0.15, 0.2) is 54.6 Å². The second kappa shape index (κ2) is 5.25. The van der Waals surface area contributed by atoms with Crippen LogP contribution < -0.4 is 0 Å². The summed E-state index contributed by atoms with van der Waals surface area (Å²) >= 11 is 0. The van der Waals surface area contributed by atoms with Crippen molar-refractivity contribution in [1.82, 2.24) is 0 Å². The Kier molecular flexibility index (Phi) is 3.23. The molecule has 22 heavy (non-hydrogen) atoms. The molecule has 2 aliphatic rings. The van der Waals surface area contributed by atoms with Crippen LogP contribution in [-0.4, -0.2) is 18.7 Å². The van der Waals surface area contributed by atoms with Crippen molar-refractivity contribution in [2.75, 3.05) is 6.61 Å². The predicted molar refractivity (Wildman–Crippen MR) is 82.6 cm³/mol. The van der Waals surface area contributed by atoms with E-state index in [9.17, 15) is 4.79 Å². The average Bonchev–Trinajstić information content (AvgIpc) is 3.03. The fourth-order valence-electron chi connectivity index (χ4n) is 3.84. The third-order valence-corrected chi connectivity index (χ3v) is 4.68. The van der Waals surface area contributed by atoms with Crippen LogP contribution in [-0.2, 0) is 14.3 Å². The molecule has 1 heterocycles. The van der Waals surface area contributed by atoms with Crippen molar-refractivity contribution in [2.45, 2.75) is 31.0 Å². The molecule has 1 aliphatic carbocycles. The van der Waals surface area contributed by atoms with Gasteiger partial charge in [-0.25, -0.2) is 0 Å². The number of esters is 1. The van der Waals surface area contributed by atoms with E-state index < -0.39 is 0 Å². The van der Waals surface area contributed by atoms with Crippen molar-refractivity contribution >= 4 is 5.97 Å². The molecule has 1 aliphatic heterocycles. The maximum Gasteiger partial charge on any atom is 0.314 e. The lowest BCUT2D eigenvalue weighted by molar-refractivity contribution is -0.148. The smallest absolute Gasteiger partial charge is 0.314 e. The van der Waals surface area contributed by atoms with E-state index in [1.54, 1.807) is 0 Å². The summed E-state index contributed by atoms with van der Waals surface area (Å²) in [6.07, 6.45) is -0.362. The summed E-state index contributed by atoms with van der Waals surface area (Å²) in [4.78, 5) is 12.5. The van der Waals surface area contributed by atoms with Crippen molar-refractivity contribution in [1.29, 1.82) is 0 Å². The van der Waals surface area contributed by atoms with E-state index in [-0.39, 0.29) is 30.0 Å². The summed E-state index contributed by atoms with van der Waals surface area (Å²) in [6, 6.07) is 18.1. The van der Waals surface area contributed by atoms with E-state index >= 15 is 0 Å². The van der Waals surface area contributed by atoms with Gasteiger partial charge in [0.2, 0.25) is 0 Å². The molecule has 112 valence electrons. The van der Waals surface area contributed by atoms with Gasteiger partial charge in [-0.05, 0) is 23.6 Å².